The lowest BCUT2D eigenvalue weighted by Crippen LogP contribution is -2.20. The lowest BCUT2D eigenvalue weighted by atomic mass is 10.1. The molecule has 0 saturated heterocycles. The Morgan fingerprint density at radius 1 is 1.30 bits per heavy atom. The first kappa shape index (κ1) is 19.8. The van der Waals surface area contributed by atoms with Gasteiger partial charge >= 0.3 is 5.97 Å². The average molecular weight is 381 g/mol. The fourth-order valence-corrected chi connectivity index (χ4v) is 2.93. The predicted molar refractivity (Wildman–Crippen MR) is 97.8 cm³/mol. The fraction of sp³-hybridized carbons (Fsp3) is 0.211. The van der Waals surface area contributed by atoms with Crippen LogP contribution in [0.2, 0.25) is 0 Å². The molecule has 0 fully saturated rings. The lowest BCUT2D eigenvalue weighted by Gasteiger charge is -2.06. The lowest BCUT2D eigenvalue weighted by molar-refractivity contribution is -0.143. The van der Waals surface area contributed by atoms with Crippen LogP contribution in [-0.4, -0.2) is 30.5 Å². The number of nitrogens with zero attached hydrogens (tertiary/aromatic N) is 3. The van der Waals surface area contributed by atoms with Crippen LogP contribution in [-0.2, 0) is 14.3 Å². The minimum Gasteiger partial charge on any atom is -0.497 e. The number of esters is 1. The van der Waals surface area contributed by atoms with Gasteiger partial charge in [0.05, 0.1) is 13.2 Å². The number of thiazole rings is 1. The third-order valence-corrected chi connectivity index (χ3v) is 4.47. The van der Waals surface area contributed by atoms with Gasteiger partial charge in [-0.15, -0.1) is 11.3 Å². The van der Waals surface area contributed by atoms with Crippen LogP contribution in [0.15, 0.2) is 35.2 Å². The molecule has 0 aliphatic rings. The molecule has 1 aromatic carbocycles. The molecular weight excluding hydrogens is 366 g/mol. The molecule has 7 nitrogen and oxygen atoms in total. The summed E-state index contributed by atoms with van der Waals surface area (Å²) in [5, 5.41) is 20.4. The number of methoxy groups -OCH3 is 1. The van der Waals surface area contributed by atoms with Gasteiger partial charge in [0, 0.05) is 11.1 Å². The second-order valence-corrected chi connectivity index (χ2v) is 6.26. The van der Waals surface area contributed by atoms with Crippen LogP contribution in [0, 0.1) is 29.6 Å². The van der Waals surface area contributed by atoms with E-state index in [1.54, 1.807) is 42.6 Å². The number of aromatic nitrogens is 1. The first-order valence-corrected chi connectivity index (χ1v) is 8.63. The van der Waals surface area contributed by atoms with Crippen LogP contribution in [0.4, 0.5) is 0 Å². The van der Waals surface area contributed by atoms with Crippen molar-refractivity contribution in [2.45, 2.75) is 12.8 Å². The summed E-state index contributed by atoms with van der Waals surface area (Å²) in [5.41, 5.74) is 1.05. The SMILES string of the molecule is COc1ccc(/C=C(\C#N)C(=O)OCC(=O)[C@H](C#N)c2nc(C)cs2)cc1. The Labute approximate surface area is 160 Å². The van der Waals surface area contributed by atoms with E-state index in [9.17, 15) is 20.1 Å². The van der Waals surface area contributed by atoms with Crippen molar-refractivity contribution in [3.05, 3.63) is 51.5 Å². The number of Topliss-reactive ketones (excluding diaryl/α,β-unsaturated/α-hetero) is 1. The number of hydrogen-bond acceptors (Lipinski definition) is 8. The highest BCUT2D eigenvalue weighted by molar-refractivity contribution is 7.09. The fourth-order valence-electron chi connectivity index (χ4n) is 2.07. The molecule has 0 aliphatic carbocycles. The number of ketones is 1. The van der Waals surface area contributed by atoms with Gasteiger partial charge in [0.1, 0.15) is 22.4 Å². The van der Waals surface area contributed by atoms with Crippen LogP contribution in [0.5, 0.6) is 5.75 Å². The summed E-state index contributed by atoms with van der Waals surface area (Å²) in [6.45, 7) is 1.14. The molecular formula is C19H15N3O4S. The Balaban J connectivity index is 2.03. The van der Waals surface area contributed by atoms with Crippen molar-refractivity contribution in [2.24, 2.45) is 0 Å². The molecule has 0 N–H and O–H groups in total. The number of hydrogen-bond donors (Lipinski definition) is 0. The number of carbonyl (C=O) groups is 2. The van der Waals surface area contributed by atoms with Crippen LogP contribution >= 0.6 is 11.3 Å². The number of carbonyl (C=O) groups excluding carboxylic acids is 2. The monoisotopic (exact) mass is 381 g/mol. The highest BCUT2D eigenvalue weighted by Crippen LogP contribution is 2.21. The Hall–Kier alpha value is -3.49. The Kier molecular flexibility index (Phi) is 6.81. The third kappa shape index (κ3) is 5.24. The first-order valence-electron chi connectivity index (χ1n) is 7.75. The van der Waals surface area contributed by atoms with Gasteiger partial charge in [-0.05, 0) is 30.7 Å². The van der Waals surface area contributed by atoms with E-state index in [2.05, 4.69) is 4.98 Å². The van der Waals surface area contributed by atoms with Crippen LogP contribution in [0.1, 0.15) is 22.2 Å². The van der Waals surface area contributed by atoms with Gasteiger partial charge < -0.3 is 9.47 Å². The van der Waals surface area contributed by atoms with Gasteiger partial charge in [0.2, 0.25) is 0 Å². The first-order chi connectivity index (χ1) is 13.0. The molecule has 136 valence electrons. The molecule has 2 rings (SSSR count). The quantitative estimate of drug-likeness (QED) is 0.411. The average Bonchev–Trinajstić information content (AvgIpc) is 3.11. The summed E-state index contributed by atoms with van der Waals surface area (Å²) in [4.78, 5) is 28.4. The largest absolute Gasteiger partial charge is 0.497 e. The second-order valence-electron chi connectivity index (χ2n) is 5.37. The van der Waals surface area contributed by atoms with Gasteiger partial charge in [-0.25, -0.2) is 9.78 Å². The second kappa shape index (κ2) is 9.27. The van der Waals surface area contributed by atoms with Crippen molar-refractivity contribution < 1.29 is 19.1 Å². The molecule has 2 aromatic rings. The van der Waals surface area contributed by atoms with Crippen molar-refractivity contribution in [3.8, 4) is 17.9 Å². The summed E-state index contributed by atoms with van der Waals surface area (Å²) in [6.07, 6.45) is 1.35. The van der Waals surface area contributed by atoms with E-state index >= 15 is 0 Å². The molecule has 0 spiro atoms. The molecule has 1 heterocycles. The van der Waals surface area contributed by atoms with E-state index < -0.39 is 24.3 Å². The van der Waals surface area contributed by atoms with Crippen molar-refractivity contribution in [3.63, 3.8) is 0 Å². The maximum absolute atomic E-state index is 12.2. The van der Waals surface area contributed by atoms with Gasteiger partial charge in [-0.2, -0.15) is 10.5 Å². The van der Waals surface area contributed by atoms with Crippen LogP contribution < -0.4 is 4.74 Å². The number of ether oxygens (including phenoxy) is 2. The van der Waals surface area contributed by atoms with Gasteiger partial charge in [-0.3, -0.25) is 4.79 Å². The Morgan fingerprint density at radius 3 is 2.52 bits per heavy atom. The topological polar surface area (TPSA) is 113 Å². The van der Waals surface area contributed by atoms with E-state index in [0.717, 1.165) is 0 Å². The Bertz CT molecular complexity index is 949. The molecule has 0 unspecified atom stereocenters. The molecule has 0 aliphatic heterocycles. The molecule has 1 aromatic heterocycles. The molecule has 0 amide bonds. The maximum Gasteiger partial charge on any atom is 0.349 e. The predicted octanol–water partition coefficient (Wildman–Crippen LogP) is 2.79. The number of rotatable bonds is 7. The van der Waals surface area contributed by atoms with Gasteiger partial charge in [-0.1, -0.05) is 12.1 Å². The molecule has 27 heavy (non-hydrogen) atoms. The standard InChI is InChI=1S/C19H15N3O4S/c1-12-11-27-18(22-12)16(9-21)17(23)10-26-19(24)14(8-20)7-13-3-5-15(25-2)6-4-13/h3-7,11,16H,10H2,1-2H3/b14-7+/t16-/m0/s1. The number of aryl methyl sites for hydroxylation is 1. The van der Waals surface area contributed by atoms with Gasteiger partial charge in [0.15, 0.2) is 18.3 Å². The zero-order valence-electron chi connectivity index (χ0n) is 14.6. The third-order valence-electron chi connectivity index (χ3n) is 3.45. The molecule has 1 atom stereocenters. The van der Waals surface area contributed by atoms with Crippen molar-refractivity contribution in [1.29, 1.82) is 10.5 Å². The normalized spacial score (nSPS) is 11.8. The maximum atomic E-state index is 12.2. The highest BCUT2D eigenvalue weighted by Gasteiger charge is 2.25. The summed E-state index contributed by atoms with van der Waals surface area (Å²) >= 11 is 1.19. The van der Waals surface area contributed by atoms with Gasteiger partial charge in [0.25, 0.3) is 0 Å². The molecule has 0 radical (unpaired) electrons. The summed E-state index contributed by atoms with van der Waals surface area (Å²) in [7, 11) is 1.53. The van der Waals surface area contributed by atoms with Crippen LogP contribution in [0.3, 0.4) is 0 Å². The van der Waals surface area contributed by atoms with Crippen molar-refractivity contribution in [2.75, 3.05) is 13.7 Å². The molecule has 8 heteroatoms. The zero-order valence-corrected chi connectivity index (χ0v) is 15.4. The summed E-state index contributed by atoms with van der Waals surface area (Å²) < 4.78 is 9.95. The molecule has 0 bridgehead atoms. The van der Waals surface area contributed by atoms with Crippen molar-refractivity contribution >= 4 is 29.2 Å². The Morgan fingerprint density at radius 2 is 2.00 bits per heavy atom. The zero-order chi connectivity index (χ0) is 19.8. The minimum atomic E-state index is -1.10. The molecule has 0 saturated carbocycles. The van der Waals surface area contributed by atoms with E-state index in [4.69, 9.17) is 9.47 Å². The van der Waals surface area contributed by atoms with Crippen LogP contribution in [0.25, 0.3) is 6.08 Å². The number of nitriles is 2. The summed E-state index contributed by atoms with van der Waals surface area (Å²) in [6, 6.07) is 10.3. The smallest absolute Gasteiger partial charge is 0.349 e. The van der Waals surface area contributed by atoms with E-state index in [1.165, 1.54) is 24.5 Å². The van der Waals surface area contributed by atoms with E-state index in [1.807, 2.05) is 6.07 Å². The minimum absolute atomic E-state index is 0.258. The number of benzene rings is 1. The van der Waals surface area contributed by atoms with Crippen molar-refractivity contribution in [1.82, 2.24) is 4.98 Å². The van der Waals surface area contributed by atoms with E-state index in [-0.39, 0.29) is 5.57 Å². The summed E-state index contributed by atoms with van der Waals surface area (Å²) in [5.74, 6) is -2.00. The highest BCUT2D eigenvalue weighted by atomic mass is 32.1. The van der Waals surface area contributed by atoms with E-state index in [0.29, 0.717) is 22.0 Å².